The van der Waals surface area contributed by atoms with Gasteiger partial charge in [0.15, 0.2) is 10.2 Å². The lowest BCUT2D eigenvalue weighted by molar-refractivity contribution is -0.111. The van der Waals surface area contributed by atoms with Gasteiger partial charge in [-0.3, -0.25) is 14.2 Å². The smallest absolute Gasteiger partial charge is 0.369 e. The van der Waals surface area contributed by atoms with E-state index < -0.39 is 54.3 Å². The summed E-state index contributed by atoms with van der Waals surface area (Å²) in [6.07, 6.45) is 1.92. The summed E-state index contributed by atoms with van der Waals surface area (Å²) in [5, 5.41) is -0.0358. The van der Waals surface area contributed by atoms with Gasteiger partial charge < -0.3 is 13.8 Å². The largest absolute Gasteiger partial charge is 0.416 e. The van der Waals surface area contributed by atoms with Crippen molar-refractivity contribution < 1.29 is 59.1 Å². The molecular weight excluding hydrogens is 689 g/mol. The van der Waals surface area contributed by atoms with Crippen molar-refractivity contribution in [2.24, 2.45) is 0 Å². The van der Waals surface area contributed by atoms with Crippen molar-refractivity contribution in [3.8, 4) is 5.75 Å². The van der Waals surface area contributed by atoms with E-state index in [9.17, 15) is 40.9 Å². The van der Waals surface area contributed by atoms with Crippen molar-refractivity contribution in [1.82, 2.24) is 0 Å². The van der Waals surface area contributed by atoms with Crippen LogP contribution < -0.4 is 4.74 Å². The molecule has 0 amide bonds. The number of hydrogen-bond acceptors (Lipinski definition) is 10. The van der Waals surface area contributed by atoms with Gasteiger partial charge in [-0.25, -0.2) is 22.4 Å². The molecular formula is C28H27F6O7PS3. The topological polar surface area (TPSA) is 96.0 Å². The normalized spacial score (nSPS) is 12.4. The second-order valence-electron chi connectivity index (χ2n) is 9.18. The van der Waals surface area contributed by atoms with Crippen molar-refractivity contribution in [3.05, 3.63) is 63.8 Å². The Balaban J connectivity index is 1.80. The summed E-state index contributed by atoms with van der Waals surface area (Å²) in [5.41, 5.74) is -0.187. The predicted molar refractivity (Wildman–Crippen MR) is 161 cm³/mol. The molecule has 0 aliphatic carbocycles. The summed E-state index contributed by atoms with van der Waals surface area (Å²) in [5.74, 6) is -17.1. The third kappa shape index (κ3) is 9.58. The summed E-state index contributed by atoms with van der Waals surface area (Å²) in [4.78, 5) is 35.8. The molecule has 0 fully saturated rings. The van der Waals surface area contributed by atoms with Crippen molar-refractivity contribution in [3.63, 3.8) is 0 Å². The Morgan fingerprint density at radius 3 is 1.84 bits per heavy atom. The first-order chi connectivity index (χ1) is 21.3. The second kappa shape index (κ2) is 17.0. The van der Waals surface area contributed by atoms with Crippen LogP contribution in [0.3, 0.4) is 0 Å². The predicted octanol–water partition coefficient (Wildman–Crippen LogP) is 9.13. The lowest BCUT2D eigenvalue weighted by Crippen LogP contribution is -2.12. The fraction of sp³-hybridized carbons (Fsp3) is 0.393. The quantitative estimate of drug-likeness (QED) is 0.0274. The zero-order valence-electron chi connectivity index (χ0n) is 23.8. The molecule has 0 bridgehead atoms. The van der Waals surface area contributed by atoms with Gasteiger partial charge in [0, 0.05) is 29.0 Å². The Morgan fingerprint density at radius 1 is 0.822 bits per heavy atom. The monoisotopic (exact) mass is 716 g/mol. The Labute approximate surface area is 266 Å². The highest BCUT2D eigenvalue weighted by Crippen LogP contribution is 2.62. The Hall–Kier alpha value is -2.36. The lowest BCUT2D eigenvalue weighted by atomic mass is 10.2. The number of ether oxygens (including phenoxy) is 1. The lowest BCUT2D eigenvalue weighted by Gasteiger charge is -2.22. The van der Waals surface area contributed by atoms with Crippen molar-refractivity contribution >= 4 is 68.7 Å². The SMILES string of the molecule is CCCC(=O)SCCOP(=O)(OCCSC(=O)CCC)C(F)c1ccc2sc(C(=O)Oc3c(F)c(F)c(F)c(F)c3F)cc2c1. The Kier molecular flexibility index (Phi) is 14.0. The minimum Gasteiger partial charge on any atom is -0.416 e. The maximum atomic E-state index is 15.8. The molecule has 3 rings (SSSR count). The van der Waals surface area contributed by atoms with Crippen LogP contribution in [0.25, 0.3) is 10.1 Å². The van der Waals surface area contributed by atoms with E-state index in [2.05, 4.69) is 4.74 Å². The maximum Gasteiger partial charge on any atom is 0.369 e. The first-order valence-corrected chi connectivity index (χ1v) is 17.8. The highest BCUT2D eigenvalue weighted by molar-refractivity contribution is 8.13. The third-order valence-corrected chi connectivity index (χ3v) is 10.6. The summed E-state index contributed by atoms with van der Waals surface area (Å²) in [6.45, 7) is 3.09. The van der Waals surface area contributed by atoms with E-state index in [1.54, 1.807) is 0 Å². The average Bonchev–Trinajstić information content (AvgIpc) is 3.45. The summed E-state index contributed by atoms with van der Waals surface area (Å²) < 4.78 is 113. The molecule has 0 spiro atoms. The average molecular weight is 717 g/mol. The molecule has 17 heteroatoms. The minimum absolute atomic E-state index is 0.0840. The zero-order chi connectivity index (χ0) is 33.3. The van der Waals surface area contributed by atoms with Gasteiger partial charge in [-0.15, -0.1) is 11.3 Å². The highest BCUT2D eigenvalue weighted by atomic mass is 32.2. The molecule has 1 aromatic heterocycles. The van der Waals surface area contributed by atoms with E-state index in [0.717, 1.165) is 40.9 Å². The number of fused-ring (bicyclic) bond motifs is 1. The molecule has 7 nitrogen and oxygen atoms in total. The van der Waals surface area contributed by atoms with E-state index in [4.69, 9.17) is 9.05 Å². The van der Waals surface area contributed by atoms with Crippen molar-refractivity contribution in [2.75, 3.05) is 24.7 Å². The number of benzene rings is 2. The van der Waals surface area contributed by atoms with E-state index in [1.807, 2.05) is 13.8 Å². The molecule has 1 atom stereocenters. The Morgan fingerprint density at radius 2 is 1.33 bits per heavy atom. The van der Waals surface area contributed by atoms with Gasteiger partial charge in [-0.2, -0.15) is 8.78 Å². The van der Waals surface area contributed by atoms with E-state index >= 15 is 4.39 Å². The zero-order valence-corrected chi connectivity index (χ0v) is 27.2. The van der Waals surface area contributed by atoms with Crippen LogP contribution >= 0.6 is 42.5 Å². The number of thiophene rings is 1. The van der Waals surface area contributed by atoms with Crippen LogP contribution in [0.2, 0.25) is 0 Å². The molecule has 0 saturated carbocycles. The van der Waals surface area contributed by atoms with Gasteiger partial charge in [-0.05, 0) is 42.0 Å². The molecule has 3 aromatic rings. The summed E-state index contributed by atoms with van der Waals surface area (Å²) in [7, 11) is -4.53. The van der Waals surface area contributed by atoms with Gasteiger partial charge in [0.25, 0.3) is 0 Å². The fourth-order valence-corrected chi connectivity index (χ4v) is 7.88. The maximum absolute atomic E-state index is 15.8. The number of esters is 1. The second-order valence-corrected chi connectivity index (χ2v) is 14.6. The number of hydrogen-bond donors (Lipinski definition) is 0. The van der Waals surface area contributed by atoms with Crippen LogP contribution in [-0.2, 0) is 23.2 Å². The number of alkyl halides is 1. The summed E-state index contributed by atoms with van der Waals surface area (Å²) >= 11 is 2.59. The fourth-order valence-electron chi connectivity index (χ4n) is 3.67. The number of thioether (sulfide) groups is 2. The van der Waals surface area contributed by atoms with Gasteiger partial charge in [-0.1, -0.05) is 43.4 Å². The number of carbonyl (C=O) groups is 3. The van der Waals surface area contributed by atoms with Gasteiger partial charge in [0.05, 0.1) is 13.2 Å². The van der Waals surface area contributed by atoms with E-state index in [1.165, 1.54) is 18.2 Å². The molecule has 45 heavy (non-hydrogen) atoms. The molecule has 0 saturated heterocycles. The molecule has 0 radical (unpaired) electrons. The first-order valence-electron chi connectivity index (χ1n) is 13.4. The van der Waals surface area contributed by atoms with Gasteiger partial charge >= 0.3 is 13.6 Å². The van der Waals surface area contributed by atoms with Gasteiger partial charge in [0.1, 0.15) is 4.88 Å². The minimum atomic E-state index is -4.53. The standard InChI is InChI=1S/C28H27F6O7PS3/c1-3-5-19(35)43-11-9-39-42(38,40-10-12-44-20(36)6-4-2)27(34)15-7-8-17-16(13-15)14-18(45-17)28(37)41-26-24(32)22(30)21(29)23(31)25(26)33/h7-8,13-14,27H,3-6,9-12H2,1-2H3. The molecule has 0 N–H and O–H groups in total. The highest BCUT2D eigenvalue weighted by Gasteiger charge is 2.38. The molecule has 1 heterocycles. The van der Waals surface area contributed by atoms with Crippen molar-refractivity contribution in [1.29, 1.82) is 0 Å². The first kappa shape index (κ1) is 37.1. The van der Waals surface area contributed by atoms with Crippen LogP contribution in [0, 0.1) is 29.1 Å². The van der Waals surface area contributed by atoms with Crippen LogP contribution in [-0.4, -0.2) is 40.9 Å². The number of rotatable bonds is 16. The van der Waals surface area contributed by atoms with Crippen LogP contribution in [0.15, 0.2) is 24.3 Å². The summed E-state index contributed by atoms with van der Waals surface area (Å²) in [6, 6.07) is 4.92. The molecule has 0 aliphatic rings. The molecule has 1 unspecified atom stereocenters. The third-order valence-electron chi connectivity index (χ3n) is 5.80. The number of halogens is 6. The van der Waals surface area contributed by atoms with Crippen LogP contribution in [0.5, 0.6) is 5.75 Å². The molecule has 2 aromatic carbocycles. The molecule has 246 valence electrons. The number of carbonyl (C=O) groups excluding carboxylic acids is 3. The molecule has 0 aliphatic heterocycles. The Bertz CT molecular complexity index is 1540. The van der Waals surface area contributed by atoms with Gasteiger partial charge in [0.2, 0.25) is 40.7 Å². The van der Waals surface area contributed by atoms with E-state index in [-0.39, 0.29) is 50.8 Å². The van der Waals surface area contributed by atoms with E-state index in [0.29, 0.717) is 30.4 Å². The van der Waals surface area contributed by atoms with Crippen LogP contribution in [0.1, 0.15) is 60.7 Å². The van der Waals surface area contributed by atoms with Crippen LogP contribution in [0.4, 0.5) is 26.3 Å². The van der Waals surface area contributed by atoms with Crippen molar-refractivity contribution in [2.45, 2.75) is 45.4 Å².